The van der Waals surface area contributed by atoms with Crippen LogP contribution in [-0.4, -0.2) is 40.7 Å². The molecular formula is C30H30ClN3O5. The molecule has 1 N–H and O–H groups in total. The number of nitrogens with zero attached hydrogens (tertiary/aromatic N) is 2. The summed E-state index contributed by atoms with van der Waals surface area (Å²) in [6, 6.07) is 18.2. The number of amides is 1. The number of carbonyl (C=O) groups is 1. The van der Waals surface area contributed by atoms with Crippen LogP contribution in [0.5, 0.6) is 28.9 Å². The minimum Gasteiger partial charge on any atom is -0.490 e. The second-order valence-corrected chi connectivity index (χ2v) is 10.4. The lowest BCUT2D eigenvalue weighted by Crippen LogP contribution is -2.37. The summed E-state index contributed by atoms with van der Waals surface area (Å²) in [7, 11) is 0. The second kappa shape index (κ2) is 11.4. The van der Waals surface area contributed by atoms with E-state index >= 15 is 0 Å². The Morgan fingerprint density at radius 1 is 1.10 bits per heavy atom. The molecular weight excluding hydrogens is 518 g/mol. The standard InChI is InChI=1S/C30H30ClN3O5/c1-19(29(35)32-14-5-15-36-26-7-4-6-20-17-30(2,3)39-28(20)26)37-22-9-11-23(12-10-22)38-27-18-33-25-16-21(31)8-13-24(25)34-27/h4,6-13,16,18-19H,5,14-15,17H2,1-3H3,(H,32,35)/t19-/m1/s1. The third-order valence-electron chi connectivity index (χ3n) is 6.14. The Labute approximate surface area is 232 Å². The average Bonchev–Trinajstić information content (AvgIpc) is 3.24. The lowest BCUT2D eigenvalue weighted by Gasteiger charge is -2.18. The van der Waals surface area contributed by atoms with E-state index in [0.29, 0.717) is 53.0 Å². The summed E-state index contributed by atoms with van der Waals surface area (Å²) < 4.78 is 23.6. The van der Waals surface area contributed by atoms with Gasteiger partial charge < -0.3 is 24.3 Å². The maximum absolute atomic E-state index is 12.5. The molecule has 3 aromatic carbocycles. The number of halogens is 1. The summed E-state index contributed by atoms with van der Waals surface area (Å²) in [5.74, 6) is 2.84. The number of para-hydroxylation sites is 1. The van der Waals surface area contributed by atoms with E-state index in [1.54, 1.807) is 55.6 Å². The van der Waals surface area contributed by atoms with Crippen LogP contribution in [0, 0.1) is 0 Å². The minimum absolute atomic E-state index is 0.201. The summed E-state index contributed by atoms with van der Waals surface area (Å²) in [5, 5.41) is 3.49. The van der Waals surface area contributed by atoms with Gasteiger partial charge in [0.25, 0.3) is 5.91 Å². The van der Waals surface area contributed by atoms with E-state index in [0.717, 1.165) is 23.5 Å². The molecule has 0 bridgehead atoms. The molecule has 5 rings (SSSR count). The van der Waals surface area contributed by atoms with Gasteiger partial charge in [0.15, 0.2) is 17.6 Å². The van der Waals surface area contributed by atoms with Crippen LogP contribution in [0.2, 0.25) is 5.02 Å². The Hall–Kier alpha value is -4.04. The molecule has 1 aliphatic rings. The van der Waals surface area contributed by atoms with Gasteiger partial charge in [0, 0.05) is 23.6 Å². The summed E-state index contributed by atoms with van der Waals surface area (Å²) in [6.45, 7) is 6.78. The molecule has 0 spiro atoms. The zero-order chi connectivity index (χ0) is 27.4. The Balaban J connectivity index is 1.05. The molecule has 9 heteroatoms. The molecule has 4 aromatic rings. The maximum Gasteiger partial charge on any atom is 0.260 e. The first-order chi connectivity index (χ1) is 18.8. The van der Waals surface area contributed by atoms with Crippen LogP contribution in [0.3, 0.4) is 0 Å². The van der Waals surface area contributed by atoms with E-state index in [2.05, 4.69) is 35.2 Å². The van der Waals surface area contributed by atoms with Gasteiger partial charge in [-0.15, -0.1) is 0 Å². The van der Waals surface area contributed by atoms with Crippen LogP contribution in [0.25, 0.3) is 11.0 Å². The smallest absolute Gasteiger partial charge is 0.260 e. The molecule has 0 aliphatic carbocycles. The van der Waals surface area contributed by atoms with Crippen molar-refractivity contribution in [3.63, 3.8) is 0 Å². The van der Waals surface area contributed by atoms with E-state index in [1.165, 1.54) is 0 Å². The van der Waals surface area contributed by atoms with Crippen molar-refractivity contribution in [2.24, 2.45) is 0 Å². The highest BCUT2D eigenvalue weighted by Crippen LogP contribution is 2.41. The second-order valence-electron chi connectivity index (χ2n) is 9.95. The van der Waals surface area contributed by atoms with Gasteiger partial charge >= 0.3 is 0 Å². The average molecular weight is 548 g/mol. The van der Waals surface area contributed by atoms with Gasteiger partial charge in [-0.05, 0) is 75.7 Å². The Bertz CT molecular complexity index is 1480. The van der Waals surface area contributed by atoms with Crippen molar-refractivity contribution in [1.82, 2.24) is 15.3 Å². The molecule has 0 fully saturated rings. The summed E-state index contributed by atoms with van der Waals surface area (Å²) in [4.78, 5) is 21.3. The number of rotatable bonds is 10. The van der Waals surface area contributed by atoms with Gasteiger partial charge in [0.05, 0.1) is 23.8 Å². The molecule has 0 unspecified atom stereocenters. The van der Waals surface area contributed by atoms with Crippen LogP contribution >= 0.6 is 11.6 Å². The van der Waals surface area contributed by atoms with Gasteiger partial charge in [0.1, 0.15) is 17.1 Å². The van der Waals surface area contributed by atoms with Crippen molar-refractivity contribution in [2.45, 2.75) is 45.3 Å². The molecule has 0 radical (unpaired) electrons. The molecule has 2 heterocycles. The van der Waals surface area contributed by atoms with Crippen LogP contribution in [-0.2, 0) is 11.2 Å². The largest absolute Gasteiger partial charge is 0.490 e. The van der Waals surface area contributed by atoms with Crippen LogP contribution in [0.1, 0.15) is 32.8 Å². The summed E-state index contributed by atoms with van der Waals surface area (Å²) in [6.07, 6.45) is 2.39. The maximum atomic E-state index is 12.5. The number of hydrogen-bond donors (Lipinski definition) is 1. The van der Waals surface area contributed by atoms with E-state index in [-0.39, 0.29) is 11.5 Å². The van der Waals surface area contributed by atoms with E-state index in [4.69, 9.17) is 30.5 Å². The number of ether oxygens (including phenoxy) is 4. The third kappa shape index (κ3) is 6.70. The van der Waals surface area contributed by atoms with Crippen molar-refractivity contribution < 1.29 is 23.7 Å². The predicted octanol–water partition coefficient (Wildman–Crippen LogP) is 6.14. The van der Waals surface area contributed by atoms with Crippen LogP contribution < -0.4 is 24.3 Å². The fraction of sp³-hybridized carbons (Fsp3) is 0.300. The number of carbonyl (C=O) groups excluding carboxylic acids is 1. The molecule has 39 heavy (non-hydrogen) atoms. The Morgan fingerprint density at radius 2 is 1.90 bits per heavy atom. The highest BCUT2D eigenvalue weighted by Gasteiger charge is 2.32. The zero-order valence-electron chi connectivity index (χ0n) is 22.1. The van der Waals surface area contributed by atoms with Crippen molar-refractivity contribution in [3.05, 3.63) is 77.4 Å². The first-order valence-corrected chi connectivity index (χ1v) is 13.2. The summed E-state index contributed by atoms with van der Waals surface area (Å²) in [5.41, 5.74) is 2.31. The number of benzene rings is 3. The van der Waals surface area contributed by atoms with Gasteiger partial charge in [-0.25, -0.2) is 9.97 Å². The number of hydrogen-bond acceptors (Lipinski definition) is 7. The number of nitrogens with one attached hydrogen (secondary N) is 1. The lowest BCUT2D eigenvalue weighted by atomic mass is 10.0. The molecule has 1 atom stereocenters. The van der Waals surface area contributed by atoms with Crippen molar-refractivity contribution in [1.29, 1.82) is 0 Å². The molecule has 1 amide bonds. The van der Waals surface area contributed by atoms with Crippen molar-refractivity contribution in [3.8, 4) is 28.9 Å². The first kappa shape index (κ1) is 26.6. The van der Waals surface area contributed by atoms with Gasteiger partial charge in [-0.3, -0.25) is 4.79 Å². The normalized spacial score (nSPS) is 14.3. The fourth-order valence-corrected chi connectivity index (χ4v) is 4.46. The van der Waals surface area contributed by atoms with Gasteiger partial charge in [0.2, 0.25) is 5.88 Å². The van der Waals surface area contributed by atoms with Crippen molar-refractivity contribution >= 4 is 28.5 Å². The van der Waals surface area contributed by atoms with Crippen LogP contribution in [0.15, 0.2) is 66.9 Å². The highest BCUT2D eigenvalue weighted by molar-refractivity contribution is 6.31. The van der Waals surface area contributed by atoms with Gasteiger partial charge in [-0.1, -0.05) is 23.7 Å². The highest BCUT2D eigenvalue weighted by atomic mass is 35.5. The van der Waals surface area contributed by atoms with Gasteiger partial charge in [-0.2, -0.15) is 0 Å². The van der Waals surface area contributed by atoms with Crippen LogP contribution in [0.4, 0.5) is 0 Å². The molecule has 0 saturated heterocycles. The predicted molar refractivity (Wildman–Crippen MR) is 149 cm³/mol. The van der Waals surface area contributed by atoms with E-state index < -0.39 is 6.10 Å². The Morgan fingerprint density at radius 3 is 2.72 bits per heavy atom. The molecule has 202 valence electrons. The monoisotopic (exact) mass is 547 g/mol. The zero-order valence-corrected chi connectivity index (χ0v) is 22.8. The van der Waals surface area contributed by atoms with Crippen molar-refractivity contribution in [2.75, 3.05) is 13.2 Å². The number of fused-ring (bicyclic) bond motifs is 2. The SMILES string of the molecule is C[C@@H](Oc1ccc(Oc2cnc3cc(Cl)ccc3n2)cc1)C(=O)NCCCOc1cccc2c1OC(C)(C)C2. The summed E-state index contributed by atoms with van der Waals surface area (Å²) >= 11 is 6.00. The molecule has 1 aromatic heterocycles. The molecule has 8 nitrogen and oxygen atoms in total. The lowest BCUT2D eigenvalue weighted by molar-refractivity contribution is -0.127. The Kier molecular flexibility index (Phi) is 7.74. The van der Waals surface area contributed by atoms with E-state index in [9.17, 15) is 4.79 Å². The topological polar surface area (TPSA) is 91.8 Å². The minimum atomic E-state index is -0.663. The van der Waals surface area contributed by atoms with E-state index in [1.807, 2.05) is 12.1 Å². The molecule has 0 saturated carbocycles. The molecule has 1 aliphatic heterocycles. The fourth-order valence-electron chi connectivity index (χ4n) is 4.29. The third-order valence-corrected chi connectivity index (χ3v) is 6.38. The quantitative estimate of drug-likeness (QED) is 0.238. The number of aromatic nitrogens is 2. The first-order valence-electron chi connectivity index (χ1n) is 12.8.